The molecule has 0 saturated carbocycles. The Morgan fingerprint density at radius 2 is 2.10 bits per heavy atom. The fourth-order valence-corrected chi connectivity index (χ4v) is 2.94. The van der Waals surface area contributed by atoms with E-state index in [0.717, 1.165) is 18.6 Å². The molecule has 1 unspecified atom stereocenters. The molecule has 20 heavy (non-hydrogen) atoms. The van der Waals surface area contributed by atoms with Gasteiger partial charge in [-0.2, -0.15) is 13.2 Å². The molecule has 2 rings (SSSR count). The van der Waals surface area contributed by atoms with Crippen molar-refractivity contribution in [1.29, 1.82) is 0 Å². The van der Waals surface area contributed by atoms with Crippen LogP contribution in [0.15, 0.2) is 18.2 Å². The first-order chi connectivity index (χ1) is 9.31. The fourth-order valence-electron chi connectivity index (χ4n) is 2.27. The quantitative estimate of drug-likeness (QED) is 0.779. The van der Waals surface area contributed by atoms with Gasteiger partial charge >= 0.3 is 6.18 Å². The summed E-state index contributed by atoms with van der Waals surface area (Å²) in [6, 6.07) is 3.43. The smallest absolute Gasteiger partial charge is 0.338 e. The lowest BCUT2D eigenvalue weighted by atomic mass is 10.1. The van der Waals surface area contributed by atoms with Crippen molar-refractivity contribution in [2.75, 3.05) is 19.6 Å². The van der Waals surface area contributed by atoms with Crippen molar-refractivity contribution in [3.63, 3.8) is 0 Å². The Morgan fingerprint density at radius 3 is 2.65 bits per heavy atom. The van der Waals surface area contributed by atoms with Crippen molar-refractivity contribution in [3.05, 3.63) is 32.9 Å². The first-order valence-electron chi connectivity index (χ1n) is 6.18. The van der Waals surface area contributed by atoms with E-state index in [-0.39, 0.29) is 17.4 Å². The predicted molar refractivity (Wildman–Crippen MR) is 77.2 cm³/mol. The summed E-state index contributed by atoms with van der Waals surface area (Å²) in [5.74, 6) is -0.117. The van der Waals surface area contributed by atoms with Crippen LogP contribution in [0.2, 0.25) is 0 Å². The van der Waals surface area contributed by atoms with Gasteiger partial charge < -0.3 is 10.6 Å². The minimum Gasteiger partial charge on any atom is -0.338 e. The monoisotopic (exact) mass is 398 g/mol. The van der Waals surface area contributed by atoms with Gasteiger partial charge in [0.2, 0.25) is 0 Å². The van der Waals surface area contributed by atoms with Gasteiger partial charge in [0.1, 0.15) is 0 Å². The van der Waals surface area contributed by atoms with E-state index in [9.17, 15) is 18.0 Å². The van der Waals surface area contributed by atoms with E-state index in [4.69, 9.17) is 5.73 Å². The molecule has 1 atom stereocenters. The second-order valence-corrected chi connectivity index (χ2v) is 6.11. The molecule has 0 bridgehead atoms. The number of likely N-dealkylation sites (tertiary alicyclic amines) is 1. The molecule has 1 heterocycles. The maximum absolute atomic E-state index is 12.8. The maximum atomic E-state index is 12.8. The summed E-state index contributed by atoms with van der Waals surface area (Å²) in [4.78, 5) is 13.8. The lowest BCUT2D eigenvalue weighted by molar-refractivity contribution is -0.137. The Labute approximate surface area is 128 Å². The van der Waals surface area contributed by atoms with Crippen LogP contribution < -0.4 is 5.73 Å². The lowest BCUT2D eigenvalue weighted by Crippen LogP contribution is -2.30. The molecule has 1 aromatic rings. The second-order valence-electron chi connectivity index (χ2n) is 4.87. The van der Waals surface area contributed by atoms with Crippen molar-refractivity contribution in [2.45, 2.75) is 12.6 Å². The highest BCUT2D eigenvalue weighted by Crippen LogP contribution is 2.31. The molecule has 7 heteroatoms. The van der Waals surface area contributed by atoms with Gasteiger partial charge in [0, 0.05) is 22.2 Å². The van der Waals surface area contributed by atoms with Crippen LogP contribution >= 0.6 is 22.6 Å². The molecule has 0 spiro atoms. The van der Waals surface area contributed by atoms with Crippen LogP contribution in [0.3, 0.4) is 0 Å². The van der Waals surface area contributed by atoms with E-state index in [1.165, 1.54) is 6.07 Å². The summed E-state index contributed by atoms with van der Waals surface area (Å²) < 4.78 is 38.7. The standard InChI is InChI=1S/C13H14F3IN2O/c14-13(15,16)10-3-9(4-11(17)5-10)12(20)19-2-1-8(6-18)7-19/h3-5,8H,1-2,6-7,18H2. The highest BCUT2D eigenvalue weighted by molar-refractivity contribution is 14.1. The average Bonchev–Trinajstić information content (AvgIpc) is 2.84. The zero-order valence-electron chi connectivity index (χ0n) is 10.6. The summed E-state index contributed by atoms with van der Waals surface area (Å²) in [7, 11) is 0. The van der Waals surface area contributed by atoms with Crippen molar-refractivity contribution < 1.29 is 18.0 Å². The van der Waals surface area contributed by atoms with Gasteiger partial charge in [-0.05, 0) is 59.7 Å². The zero-order chi connectivity index (χ0) is 14.9. The number of hydrogen-bond donors (Lipinski definition) is 1. The molecule has 1 aliphatic heterocycles. The highest BCUT2D eigenvalue weighted by Gasteiger charge is 2.33. The number of benzene rings is 1. The van der Waals surface area contributed by atoms with Crippen LogP contribution in [-0.2, 0) is 6.18 Å². The first-order valence-corrected chi connectivity index (χ1v) is 7.26. The normalized spacial score (nSPS) is 19.4. The summed E-state index contributed by atoms with van der Waals surface area (Å²) in [6.45, 7) is 1.56. The van der Waals surface area contributed by atoms with E-state index in [2.05, 4.69) is 0 Å². The number of alkyl halides is 3. The number of carbonyl (C=O) groups excluding carboxylic acids is 1. The molecule has 110 valence electrons. The summed E-state index contributed by atoms with van der Waals surface area (Å²) in [5.41, 5.74) is 4.85. The van der Waals surface area contributed by atoms with Gasteiger partial charge in [-0.15, -0.1) is 0 Å². The van der Waals surface area contributed by atoms with Gasteiger partial charge in [-0.1, -0.05) is 0 Å². The zero-order valence-corrected chi connectivity index (χ0v) is 12.7. The molecule has 0 aliphatic carbocycles. The average molecular weight is 398 g/mol. The Hall–Kier alpha value is -0.830. The Balaban J connectivity index is 2.24. The topological polar surface area (TPSA) is 46.3 Å². The van der Waals surface area contributed by atoms with E-state index in [1.807, 2.05) is 0 Å². The van der Waals surface area contributed by atoms with Crippen LogP contribution in [0.5, 0.6) is 0 Å². The van der Waals surface area contributed by atoms with Gasteiger partial charge in [0.05, 0.1) is 5.56 Å². The number of nitrogens with zero attached hydrogens (tertiary/aromatic N) is 1. The molecule has 0 aromatic heterocycles. The molecule has 2 N–H and O–H groups in total. The van der Waals surface area contributed by atoms with Crippen LogP contribution in [0.1, 0.15) is 22.3 Å². The third kappa shape index (κ3) is 3.43. The second kappa shape index (κ2) is 5.88. The number of carbonyl (C=O) groups is 1. The minimum absolute atomic E-state index is 0.0851. The largest absolute Gasteiger partial charge is 0.416 e. The van der Waals surface area contributed by atoms with Crippen molar-refractivity contribution in [2.24, 2.45) is 11.7 Å². The van der Waals surface area contributed by atoms with E-state index < -0.39 is 11.7 Å². The number of halogens is 4. The molecular weight excluding hydrogens is 384 g/mol. The predicted octanol–water partition coefficient (Wildman–Crippen LogP) is 2.73. The van der Waals surface area contributed by atoms with Crippen molar-refractivity contribution in [3.8, 4) is 0 Å². The number of hydrogen-bond acceptors (Lipinski definition) is 2. The lowest BCUT2D eigenvalue weighted by Gasteiger charge is -2.17. The maximum Gasteiger partial charge on any atom is 0.416 e. The Bertz CT molecular complexity index is 519. The van der Waals surface area contributed by atoms with Crippen LogP contribution in [0.25, 0.3) is 0 Å². The Morgan fingerprint density at radius 1 is 1.40 bits per heavy atom. The minimum atomic E-state index is -4.44. The van der Waals surface area contributed by atoms with Crippen LogP contribution in [0.4, 0.5) is 13.2 Å². The first kappa shape index (κ1) is 15.6. The molecule has 1 fully saturated rings. The van der Waals surface area contributed by atoms with Crippen LogP contribution in [0, 0.1) is 9.49 Å². The van der Waals surface area contributed by atoms with Crippen molar-refractivity contribution >= 4 is 28.5 Å². The van der Waals surface area contributed by atoms with Gasteiger partial charge in [-0.25, -0.2) is 0 Å². The molecular formula is C13H14F3IN2O. The molecule has 1 aromatic carbocycles. The molecule has 3 nitrogen and oxygen atoms in total. The number of nitrogens with two attached hydrogens (primary N) is 1. The third-order valence-corrected chi connectivity index (χ3v) is 4.00. The summed E-state index contributed by atoms with van der Waals surface area (Å²) in [6.07, 6.45) is -3.64. The summed E-state index contributed by atoms with van der Waals surface area (Å²) in [5, 5.41) is 0. The van der Waals surface area contributed by atoms with E-state index >= 15 is 0 Å². The Kier molecular flexibility index (Phi) is 4.58. The van der Waals surface area contributed by atoms with Gasteiger partial charge in [-0.3, -0.25) is 4.79 Å². The molecule has 1 aliphatic rings. The third-order valence-electron chi connectivity index (χ3n) is 3.38. The van der Waals surface area contributed by atoms with E-state index in [1.54, 1.807) is 27.5 Å². The molecule has 0 radical (unpaired) electrons. The van der Waals surface area contributed by atoms with E-state index in [0.29, 0.717) is 23.2 Å². The van der Waals surface area contributed by atoms with Crippen LogP contribution in [-0.4, -0.2) is 30.4 Å². The van der Waals surface area contributed by atoms with Crippen molar-refractivity contribution in [1.82, 2.24) is 4.90 Å². The SMILES string of the molecule is NCC1CCN(C(=O)c2cc(I)cc(C(F)(F)F)c2)C1. The molecule has 1 saturated heterocycles. The van der Waals surface area contributed by atoms with Gasteiger partial charge in [0.15, 0.2) is 0 Å². The summed E-state index contributed by atoms with van der Waals surface area (Å²) >= 11 is 1.79. The molecule has 1 amide bonds. The highest BCUT2D eigenvalue weighted by atomic mass is 127. The number of rotatable bonds is 2. The number of amides is 1. The fraction of sp³-hybridized carbons (Fsp3) is 0.462. The van der Waals surface area contributed by atoms with Gasteiger partial charge in [0.25, 0.3) is 5.91 Å².